The zero-order chi connectivity index (χ0) is 21.1. The predicted octanol–water partition coefficient (Wildman–Crippen LogP) is 2.42. The van der Waals surface area contributed by atoms with E-state index in [-0.39, 0.29) is 41.4 Å². The van der Waals surface area contributed by atoms with Crippen molar-refractivity contribution < 1.29 is 13.2 Å². The Kier molecular flexibility index (Phi) is 12.3. The number of benzene rings is 1. The van der Waals surface area contributed by atoms with E-state index in [9.17, 15) is 13.2 Å². The van der Waals surface area contributed by atoms with E-state index in [0.717, 1.165) is 44.0 Å². The lowest BCUT2D eigenvalue weighted by Gasteiger charge is -2.34. The van der Waals surface area contributed by atoms with Gasteiger partial charge in [0.2, 0.25) is 5.91 Å². The number of carbonyl (C=O) groups is 1. The van der Waals surface area contributed by atoms with E-state index in [0.29, 0.717) is 25.3 Å². The molecule has 1 aromatic rings. The Morgan fingerprint density at radius 1 is 1.20 bits per heavy atom. The van der Waals surface area contributed by atoms with Gasteiger partial charge in [-0.25, -0.2) is 8.42 Å². The quantitative estimate of drug-likeness (QED) is 0.213. The Labute approximate surface area is 198 Å². The molecule has 0 unspecified atom stereocenters. The van der Waals surface area contributed by atoms with Crippen molar-refractivity contribution >= 4 is 45.7 Å². The van der Waals surface area contributed by atoms with Crippen molar-refractivity contribution in [1.29, 1.82) is 0 Å². The molecule has 1 amide bonds. The van der Waals surface area contributed by atoms with Crippen LogP contribution in [-0.2, 0) is 20.4 Å². The predicted molar refractivity (Wildman–Crippen MR) is 133 cm³/mol. The van der Waals surface area contributed by atoms with Gasteiger partial charge in [-0.3, -0.25) is 9.79 Å². The second-order valence-corrected chi connectivity index (χ2v) is 9.66. The average Bonchev–Trinajstić information content (AvgIpc) is 2.71. The number of hydrogen-bond acceptors (Lipinski definition) is 4. The second kappa shape index (κ2) is 13.8. The van der Waals surface area contributed by atoms with Crippen LogP contribution in [0.1, 0.15) is 38.2 Å². The average molecular weight is 551 g/mol. The molecule has 1 aromatic carbocycles. The third-order valence-corrected chi connectivity index (χ3v) is 6.79. The van der Waals surface area contributed by atoms with Gasteiger partial charge in [0.1, 0.15) is 0 Å². The highest BCUT2D eigenvalue weighted by Crippen LogP contribution is 2.20. The van der Waals surface area contributed by atoms with Gasteiger partial charge < -0.3 is 15.5 Å². The molecular weight excluding hydrogens is 515 g/mol. The Hall–Kier alpha value is -1.36. The molecule has 0 aromatic heterocycles. The summed E-state index contributed by atoms with van der Waals surface area (Å²) in [5, 5.41) is 5.99. The summed E-state index contributed by atoms with van der Waals surface area (Å²) in [5.74, 6) is 1.57. The normalized spacial score (nSPS) is 15.4. The topological polar surface area (TPSA) is 90.9 Å². The number of piperidine rings is 1. The number of amides is 1. The van der Waals surface area contributed by atoms with E-state index in [1.807, 2.05) is 37.3 Å². The van der Waals surface area contributed by atoms with Crippen molar-refractivity contribution in [2.45, 2.75) is 38.4 Å². The van der Waals surface area contributed by atoms with Crippen LogP contribution >= 0.6 is 24.0 Å². The minimum absolute atomic E-state index is 0. The van der Waals surface area contributed by atoms with Gasteiger partial charge in [0.05, 0.1) is 11.5 Å². The Bertz CT molecular complexity index is 764. The van der Waals surface area contributed by atoms with Gasteiger partial charge in [-0.1, -0.05) is 30.3 Å². The van der Waals surface area contributed by atoms with E-state index in [2.05, 4.69) is 20.5 Å². The first-order valence-electron chi connectivity index (χ1n) is 10.4. The highest BCUT2D eigenvalue weighted by Gasteiger charge is 2.23. The van der Waals surface area contributed by atoms with Crippen LogP contribution in [0.25, 0.3) is 0 Å². The Morgan fingerprint density at radius 2 is 1.87 bits per heavy atom. The van der Waals surface area contributed by atoms with E-state index < -0.39 is 9.84 Å². The molecule has 1 saturated heterocycles. The maximum atomic E-state index is 12.3. The van der Waals surface area contributed by atoms with Crippen LogP contribution in [-0.4, -0.2) is 64.2 Å². The van der Waals surface area contributed by atoms with Crippen LogP contribution in [0.15, 0.2) is 35.3 Å². The third kappa shape index (κ3) is 9.63. The first-order valence-corrected chi connectivity index (χ1v) is 12.2. The van der Waals surface area contributed by atoms with Crippen LogP contribution in [0.4, 0.5) is 0 Å². The number of nitrogens with one attached hydrogen (secondary N) is 2. The SMILES string of the molecule is CCNC(=NCCCS(=O)(=O)Cc1ccccc1)N1CCC(CC(=O)NC)CC1.I. The van der Waals surface area contributed by atoms with Crippen LogP contribution in [0.5, 0.6) is 0 Å². The molecule has 0 radical (unpaired) electrons. The molecular formula is C21H35IN4O3S. The molecule has 1 heterocycles. The lowest BCUT2D eigenvalue weighted by Crippen LogP contribution is -2.46. The van der Waals surface area contributed by atoms with Crippen molar-refractivity contribution in [2.75, 3.05) is 39.0 Å². The molecule has 0 saturated carbocycles. The third-order valence-electron chi connectivity index (χ3n) is 5.11. The zero-order valence-electron chi connectivity index (χ0n) is 18.0. The number of nitrogens with zero attached hydrogens (tertiary/aromatic N) is 2. The molecule has 0 atom stereocenters. The second-order valence-electron chi connectivity index (χ2n) is 7.47. The number of aliphatic imine (C=N–C) groups is 1. The van der Waals surface area contributed by atoms with E-state index in [1.165, 1.54) is 0 Å². The molecule has 0 spiro atoms. The largest absolute Gasteiger partial charge is 0.359 e. The maximum absolute atomic E-state index is 12.3. The lowest BCUT2D eigenvalue weighted by atomic mass is 9.93. The molecule has 30 heavy (non-hydrogen) atoms. The first kappa shape index (κ1) is 26.7. The number of carbonyl (C=O) groups excluding carboxylic acids is 1. The highest BCUT2D eigenvalue weighted by atomic mass is 127. The summed E-state index contributed by atoms with van der Waals surface area (Å²) >= 11 is 0. The van der Waals surface area contributed by atoms with Gasteiger partial charge in [0.15, 0.2) is 15.8 Å². The highest BCUT2D eigenvalue weighted by molar-refractivity contribution is 14.0. The minimum Gasteiger partial charge on any atom is -0.359 e. The fraction of sp³-hybridized carbons (Fsp3) is 0.619. The van der Waals surface area contributed by atoms with Gasteiger partial charge in [0.25, 0.3) is 0 Å². The van der Waals surface area contributed by atoms with Crippen LogP contribution in [0.3, 0.4) is 0 Å². The van der Waals surface area contributed by atoms with Crippen LogP contribution < -0.4 is 10.6 Å². The van der Waals surface area contributed by atoms with Crippen LogP contribution in [0.2, 0.25) is 0 Å². The smallest absolute Gasteiger partial charge is 0.220 e. The summed E-state index contributed by atoms with van der Waals surface area (Å²) in [6.07, 6.45) is 3.01. The molecule has 1 aliphatic heterocycles. The van der Waals surface area contributed by atoms with Gasteiger partial charge in [-0.2, -0.15) is 0 Å². The van der Waals surface area contributed by atoms with Crippen LogP contribution in [0, 0.1) is 5.92 Å². The Morgan fingerprint density at radius 3 is 2.47 bits per heavy atom. The van der Waals surface area contributed by atoms with Crippen molar-refractivity contribution in [2.24, 2.45) is 10.9 Å². The van der Waals surface area contributed by atoms with Gasteiger partial charge in [0, 0.05) is 39.6 Å². The number of rotatable bonds is 9. The number of hydrogen-bond donors (Lipinski definition) is 2. The monoisotopic (exact) mass is 550 g/mol. The number of sulfone groups is 1. The molecule has 1 aliphatic rings. The number of likely N-dealkylation sites (tertiary alicyclic amines) is 1. The summed E-state index contributed by atoms with van der Waals surface area (Å²) in [4.78, 5) is 18.4. The molecule has 0 aliphatic carbocycles. The first-order chi connectivity index (χ1) is 13.9. The minimum atomic E-state index is -3.13. The van der Waals surface area contributed by atoms with Gasteiger partial charge in [-0.05, 0) is 37.7 Å². The summed E-state index contributed by atoms with van der Waals surface area (Å²) in [5.41, 5.74) is 0.823. The van der Waals surface area contributed by atoms with Gasteiger partial charge in [-0.15, -0.1) is 24.0 Å². The van der Waals surface area contributed by atoms with Crippen molar-refractivity contribution in [3.63, 3.8) is 0 Å². The summed E-state index contributed by atoms with van der Waals surface area (Å²) in [7, 11) is -1.46. The molecule has 7 nitrogen and oxygen atoms in total. The zero-order valence-corrected chi connectivity index (χ0v) is 21.1. The number of guanidine groups is 1. The molecule has 1 fully saturated rings. The van der Waals surface area contributed by atoms with E-state index >= 15 is 0 Å². The summed E-state index contributed by atoms with van der Waals surface area (Å²) in [6, 6.07) is 9.28. The lowest BCUT2D eigenvalue weighted by molar-refractivity contribution is -0.121. The standard InChI is InChI=1S/C21H34N4O3S.HI/c1-3-23-21(25-13-10-18(11-14-25)16-20(26)22-2)24-12-7-15-29(27,28)17-19-8-5-4-6-9-19;/h4-6,8-9,18H,3,7,10-17H2,1-2H3,(H,22,26)(H,23,24);1H. The Balaban J connectivity index is 0.00000450. The molecule has 2 rings (SSSR count). The summed E-state index contributed by atoms with van der Waals surface area (Å²) < 4.78 is 24.6. The molecule has 2 N–H and O–H groups in total. The van der Waals surface area contributed by atoms with Crippen molar-refractivity contribution in [3.8, 4) is 0 Å². The number of halogens is 1. The fourth-order valence-corrected chi connectivity index (χ4v) is 4.92. The fourth-order valence-electron chi connectivity index (χ4n) is 3.51. The summed E-state index contributed by atoms with van der Waals surface area (Å²) in [6.45, 7) is 5.00. The van der Waals surface area contributed by atoms with E-state index in [4.69, 9.17) is 0 Å². The molecule has 0 bridgehead atoms. The maximum Gasteiger partial charge on any atom is 0.220 e. The van der Waals surface area contributed by atoms with E-state index in [1.54, 1.807) is 7.05 Å². The molecule has 9 heteroatoms. The molecule has 170 valence electrons. The van der Waals surface area contributed by atoms with Crippen molar-refractivity contribution in [3.05, 3.63) is 35.9 Å². The van der Waals surface area contributed by atoms with Crippen molar-refractivity contribution in [1.82, 2.24) is 15.5 Å². The van der Waals surface area contributed by atoms with Gasteiger partial charge >= 0.3 is 0 Å².